The molecule has 128 valence electrons. The third-order valence-corrected chi connectivity index (χ3v) is 3.41. The molecule has 0 aliphatic heterocycles. The summed E-state index contributed by atoms with van der Waals surface area (Å²) in [6.45, 7) is 2.67. The topological polar surface area (TPSA) is 84.7 Å². The van der Waals surface area contributed by atoms with Crippen molar-refractivity contribution in [1.29, 1.82) is 0 Å². The van der Waals surface area contributed by atoms with Crippen LogP contribution in [0, 0.1) is 5.82 Å². The first kappa shape index (κ1) is 16.6. The molecular weight excluding hydrogens is 323 g/mol. The number of halogens is 1. The summed E-state index contributed by atoms with van der Waals surface area (Å²) in [5.41, 5.74) is 1.56. The van der Waals surface area contributed by atoms with Crippen LogP contribution in [0.1, 0.15) is 12.5 Å². The first-order valence-corrected chi connectivity index (χ1v) is 7.81. The molecule has 1 amide bonds. The van der Waals surface area contributed by atoms with Crippen LogP contribution in [0.3, 0.4) is 0 Å². The molecule has 0 spiro atoms. The fraction of sp³-hybridized carbons (Fsp3) is 0.176. The van der Waals surface area contributed by atoms with Crippen molar-refractivity contribution in [3.05, 3.63) is 60.2 Å². The number of nitrogens with zero attached hydrogens (tertiary/aromatic N) is 4. The molecular formula is C17H17FN6O. The Labute approximate surface area is 143 Å². The van der Waals surface area contributed by atoms with Gasteiger partial charge >= 0.3 is 6.03 Å². The van der Waals surface area contributed by atoms with Crippen LogP contribution in [0.15, 0.2) is 48.8 Å². The number of carbonyl (C=O) groups is 1. The number of hydrogen-bond acceptors (Lipinski definition) is 5. The van der Waals surface area contributed by atoms with Crippen molar-refractivity contribution < 1.29 is 9.18 Å². The Balaban J connectivity index is 1.86. The number of rotatable bonds is 5. The van der Waals surface area contributed by atoms with E-state index in [9.17, 15) is 9.18 Å². The second kappa shape index (κ2) is 7.52. The molecule has 2 N–H and O–H groups in total. The monoisotopic (exact) mass is 340 g/mol. The molecule has 1 aromatic carbocycles. The maximum Gasteiger partial charge on any atom is 0.345 e. The van der Waals surface area contributed by atoms with Gasteiger partial charge in [-0.1, -0.05) is 12.1 Å². The highest BCUT2D eigenvalue weighted by Gasteiger charge is 2.16. The summed E-state index contributed by atoms with van der Waals surface area (Å²) < 4.78 is 14.2. The molecule has 8 heteroatoms. The molecule has 0 aliphatic carbocycles. The largest absolute Gasteiger partial charge is 0.350 e. The van der Waals surface area contributed by atoms with Gasteiger partial charge in [0.2, 0.25) is 5.95 Å². The van der Waals surface area contributed by atoms with E-state index in [-0.39, 0.29) is 11.8 Å². The second-order valence-electron chi connectivity index (χ2n) is 5.23. The van der Waals surface area contributed by atoms with E-state index >= 15 is 0 Å². The highest BCUT2D eigenvalue weighted by molar-refractivity contribution is 5.79. The van der Waals surface area contributed by atoms with Gasteiger partial charge in [-0.05, 0) is 36.8 Å². The summed E-state index contributed by atoms with van der Waals surface area (Å²) >= 11 is 0. The van der Waals surface area contributed by atoms with Gasteiger partial charge in [-0.2, -0.15) is 4.98 Å². The Kier molecular flexibility index (Phi) is 4.98. The lowest BCUT2D eigenvalue weighted by Gasteiger charge is -2.07. The normalized spacial score (nSPS) is 10.5. The van der Waals surface area contributed by atoms with Crippen molar-refractivity contribution in [2.45, 2.75) is 13.5 Å². The van der Waals surface area contributed by atoms with Crippen LogP contribution in [0.2, 0.25) is 0 Å². The van der Waals surface area contributed by atoms with E-state index in [1.807, 2.05) is 13.0 Å². The first-order chi connectivity index (χ1) is 12.2. The fourth-order valence-corrected chi connectivity index (χ4v) is 2.19. The molecule has 0 fully saturated rings. The van der Waals surface area contributed by atoms with E-state index in [0.717, 1.165) is 5.56 Å². The van der Waals surface area contributed by atoms with Crippen LogP contribution < -0.4 is 10.6 Å². The lowest BCUT2D eigenvalue weighted by Crippen LogP contribution is -2.30. The zero-order valence-electron chi connectivity index (χ0n) is 13.6. The van der Waals surface area contributed by atoms with Crippen molar-refractivity contribution in [2.75, 3.05) is 11.9 Å². The second-order valence-corrected chi connectivity index (χ2v) is 5.23. The number of benzene rings is 1. The minimum absolute atomic E-state index is 0.298. The Morgan fingerprint density at radius 3 is 2.72 bits per heavy atom. The number of anilines is 1. The maximum atomic E-state index is 13.0. The van der Waals surface area contributed by atoms with Gasteiger partial charge in [-0.25, -0.2) is 9.18 Å². The minimum Gasteiger partial charge on any atom is -0.350 e. The third-order valence-electron chi connectivity index (χ3n) is 3.41. The summed E-state index contributed by atoms with van der Waals surface area (Å²) in [6, 6.07) is 9.29. The van der Waals surface area contributed by atoms with Crippen LogP contribution in [-0.4, -0.2) is 32.3 Å². The molecule has 0 radical (unpaired) electrons. The van der Waals surface area contributed by atoms with Gasteiger partial charge in [0.15, 0.2) is 5.82 Å². The summed E-state index contributed by atoms with van der Waals surface area (Å²) in [5, 5.41) is 10.0. The zero-order chi connectivity index (χ0) is 17.6. The molecule has 3 aromatic rings. The van der Waals surface area contributed by atoms with Crippen molar-refractivity contribution >= 4 is 12.0 Å². The van der Waals surface area contributed by atoms with Crippen LogP contribution >= 0.6 is 0 Å². The molecule has 0 bridgehead atoms. The molecule has 0 saturated heterocycles. The molecule has 0 aliphatic rings. The number of pyridine rings is 1. The maximum absolute atomic E-state index is 13.0. The summed E-state index contributed by atoms with van der Waals surface area (Å²) in [4.78, 5) is 20.6. The smallest absolute Gasteiger partial charge is 0.345 e. The number of hydrogen-bond donors (Lipinski definition) is 2. The number of aromatic nitrogens is 4. The third kappa shape index (κ3) is 3.97. The van der Waals surface area contributed by atoms with Gasteiger partial charge in [0.25, 0.3) is 0 Å². The summed E-state index contributed by atoms with van der Waals surface area (Å²) in [6.07, 6.45) is 3.28. The standard InChI is InChI=1S/C17H17FN6O/c1-2-20-17(25)24-16(21-10-12-5-7-14(18)8-6-12)22-15(23-24)13-4-3-9-19-11-13/h3-9,11H,2,10H2,1H3,(H,20,25)(H,21,22,23). The van der Waals surface area contributed by atoms with Gasteiger partial charge in [0.05, 0.1) is 0 Å². The van der Waals surface area contributed by atoms with Gasteiger partial charge in [-0.3, -0.25) is 4.98 Å². The predicted molar refractivity (Wildman–Crippen MR) is 91.5 cm³/mol. The molecule has 0 unspecified atom stereocenters. The number of amides is 1. The van der Waals surface area contributed by atoms with Gasteiger partial charge in [-0.15, -0.1) is 9.78 Å². The zero-order valence-corrected chi connectivity index (χ0v) is 13.6. The van der Waals surface area contributed by atoms with E-state index in [4.69, 9.17) is 0 Å². The highest BCUT2D eigenvalue weighted by Crippen LogP contribution is 2.17. The minimum atomic E-state index is -0.383. The Morgan fingerprint density at radius 1 is 1.24 bits per heavy atom. The molecule has 2 aromatic heterocycles. The van der Waals surface area contributed by atoms with Crippen LogP contribution in [0.5, 0.6) is 0 Å². The summed E-state index contributed by atoms with van der Waals surface area (Å²) in [7, 11) is 0. The van der Waals surface area contributed by atoms with Crippen molar-refractivity contribution in [2.24, 2.45) is 0 Å². The molecule has 2 heterocycles. The van der Waals surface area contributed by atoms with Crippen molar-refractivity contribution in [1.82, 2.24) is 25.1 Å². The van der Waals surface area contributed by atoms with E-state index in [0.29, 0.717) is 30.4 Å². The van der Waals surface area contributed by atoms with Gasteiger partial charge < -0.3 is 10.6 Å². The molecule has 25 heavy (non-hydrogen) atoms. The van der Waals surface area contributed by atoms with E-state index < -0.39 is 0 Å². The quantitative estimate of drug-likeness (QED) is 0.746. The van der Waals surface area contributed by atoms with Crippen LogP contribution in [-0.2, 0) is 6.54 Å². The molecule has 3 rings (SSSR count). The lowest BCUT2D eigenvalue weighted by atomic mass is 10.2. The SMILES string of the molecule is CCNC(=O)n1nc(-c2cccnc2)nc1NCc1ccc(F)cc1. The van der Waals surface area contributed by atoms with E-state index in [2.05, 4.69) is 25.7 Å². The first-order valence-electron chi connectivity index (χ1n) is 7.81. The number of carbonyl (C=O) groups excluding carboxylic acids is 1. The highest BCUT2D eigenvalue weighted by atomic mass is 19.1. The van der Waals surface area contributed by atoms with Crippen LogP contribution in [0.4, 0.5) is 15.1 Å². The lowest BCUT2D eigenvalue weighted by molar-refractivity contribution is 0.240. The van der Waals surface area contributed by atoms with Gasteiger partial charge in [0, 0.05) is 31.0 Å². The molecule has 0 atom stereocenters. The Bertz CT molecular complexity index is 847. The average Bonchev–Trinajstić information content (AvgIpc) is 3.07. The average molecular weight is 340 g/mol. The molecule has 7 nitrogen and oxygen atoms in total. The van der Waals surface area contributed by atoms with Gasteiger partial charge in [0.1, 0.15) is 5.82 Å². The Morgan fingerprint density at radius 2 is 2.04 bits per heavy atom. The molecule has 0 saturated carbocycles. The fourth-order valence-electron chi connectivity index (χ4n) is 2.19. The van der Waals surface area contributed by atoms with Crippen molar-refractivity contribution in [3.63, 3.8) is 0 Å². The van der Waals surface area contributed by atoms with Crippen LogP contribution in [0.25, 0.3) is 11.4 Å². The predicted octanol–water partition coefficient (Wildman–Crippen LogP) is 2.67. The van der Waals surface area contributed by atoms with Crippen molar-refractivity contribution in [3.8, 4) is 11.4 Å². The Hall–Kier alpha value is -3.29. The number of nitrogens with one attached hydrogen (secondary N) is 2. The van der Waals surface area contributed by atoms with E-state index in [1.165, 1.54) is 16.8 Å². The van der Waals surface area contributed by atoms with E-state index in [1.54, 1.807) is 30.6 Å². The summed E-state index contributed by atoms with van der Waals surface area (Å²) in [5.74, 6) is 0.392.